The number of carbonyl (C=O) groups excluding carboxylic acids is 1. The van der Waals surface area contributed by atoms with E-state index in [1.165, 1.54) is 20.0 Å². The van der Waals surface area contributed by atoms with Crippen molar-refractivity contribution in [1.29, 1.82) is 0 Å². The molecule has 0 atom stereocenters. The molecule has 0 amide bonds. The average molecular weight is 247 g/mol. The second-order valence-electron chi connectivity index (χ2n) is 4.27. The molecule has 0 aliphatic heterocycles. The number of esters is 1. The van der Waals surface area contributed by atoms with Crippen LogP contribution in [0.1, 0.15) is 24.5 Å². The molecule has 1 fully saturated rings. The molecule has 2 heterocycles. The summed E-state index contributed by atoms with van der Waals surface area (Å²) in [5.74, 6) is 0.543. The van der Waals surface area contributed by atoms with Crippen LogP contribution in [0.3, 0.4) is 0 Å². The molecular weight excluding hydrogens is 234 g/mol. The highest BCUT2D eigenvalue weighted by atomic mass is 16.6. The number of fused-ring (bicyclic) bond motifs is 1. The summed E-state index contributed by atoms with van der Waals surface area (Å²) in [7, 11) is 1.32. The van der Waals surface area contributed by atoms with Gasteiger partial charge in [0.15, 0.2) is 6.61 Å². The Morgan fingerprint density at radius 2 is 2.39 bits per heavy atom. The molecule has 3 rings (SSSR count). The number of methoxy groups -OCH3 is 1. The van der Waals surface area contributed by atoms with Crippen molar-refractivity contribution in [1.82, 2.24) is 14.6 Å². The van der Waals surface area contributed by atoms with Crippen LogP contribution in [0.5, 0.6) is 5.88 Å². The van der Waals surface area contributed by atoms with Crippen molar-refractivity contribution < 1.29 is 14.3 Å². The minimum atomic E-state index is -0.430. The van der Waals surface area contributed by atoms with E-state index in [-0.39, 0.29) is 6.61 Å². The number of hydrogen-bond donors (Lipinski definition) is 0. The molecule has 0 saturated heterocycles. The first kappa shape index (κ1) is 11.0. The molecule has 2 aromatic heterocycles. The van der Waals surface area contributed by atoms with Gasteiger partial charge in [-0.15, -0.1) is 0 Å². The van der Waals surface area contributed by atoms with E-state index in [1.807, 2.05) is 6.07 Å². The summed E-state index contributed by atoms with van der Waals surface area (Å²) in [6.07, 6.45) is 5.75. The van der Waals surface area contributed by atoms with Crippen LogP contribution in [-0.4, -0.2) is 34.3 Å². The molecule has 1 aliphatic rings. The summed E-state index contributed by atoms with van der Waals surface area (Å²) in [6, 6.07) is 1.97. The number of hydrogen-bond acceptors (Lipinski definition) is 5. The maximum Gasteiger partial charge on any atom is 0.343 e. The van der Waals surface area contributed by atoms with E-state index >= 15 is 0 Å². The van der Waals surface area contributed by atoms with Crippen LogP contribution in [0, 0.1) is 0 Å². The number of carbonyl (C=O) groups is 1. The summed E-state index contributed by atoms with van der Waals surface area (Å²) in [4.78, 5) is 15.2. The molecule has 18 heavy (non-hydrogen) atoms. The molecule has 0 N–H and O–H groups in total. The fourth-order valence-corrected chi connectivity index (χ4v) is 1.79. The minimum absolute atomic E-state index is 0.146. The Balaban J connectivity index is 1.88. The largest absolute Gasteiger partial charge is 0.466 e. The Morgan fingerprint density at radius 3 is 3.11 bits per heavy atom. The summed E-state index contributed by atoms with van der Waals surface area (Å²) in [5, 5.41) is 4.46. The second kappa shape index (κ2) is 4.29. The van der Waals surface area contributed by atoms with Crippen molar-refractivity contribution in [2.45, 2.75) is 18.8 Å². The van der Waals surface area contributed by atoms with E-state index in [1.54, 1.807) is 16.9 Å². The van der Waals surface area contributed by atoms with Crippen molar-refractivity contribution in [3.05, 3.63) is 24.2 Å². The quantitative estimate of drug-likeness (QED) is 0.758. The Bertz CT molecular complexity index is 589. The van der Waals surface area contributed by atoms with Gasteiger partial charge in [0.1, 0.15) is 5.52 Å². The molecule has 94 valence electrons. The van der Waals surface area contributed by atoms with Crippen LogP contribution >= 0.6 is 0 Å². The lowest BCUT2D eigenvalue weighted by molar-refractivity contribution is -0.142. The van der Waals surface area contributed by atoms with Crippen molar-refractivity contribution in [3.8, 4) is 5.88 Å². The molecule has 6 heteroatoms. The number of nitrogens with zero attached hydrogens (tertiary/aromatic N) is 3. The highest BCUT2D eigenvalue weighted by Crippen LogP contribution is 2.40. The Kier molecular flexibility index (Phi) is 2.62. The molecule has 0 bridgehead atoms. The molecular formula is C12H13N3O3. The molecule has 6 nitrogen and oxygen atoms in total. The van der Waals surface area contributed by atoms with E-state index < -0.39 is 5.97 Å². The lowest BCUT2D eigenvalue weighted by Crippen LogP contribution is -2.13. The zero-order valence-corrected chi connectivity index (χ0v) is 10.00. The van der Waals surface area contributed by atoms with Crippen molar-refractivity contribution in [2.75, 3.05) is 13.7 Å². The molecule has 0 spiro atoms. The van der Waals surface area contributed by atoms with Gasteiger partial charge in [-0.1, -0.05) is 0 Å². The van der Waals surface area contributed by atoms with Gasteiger partial charge in [0.2, 0.25) is 5.88 Å². The number of aromatic nitrogens is 3. The van der Waals surface area contributed by atoms with Gasteiger partial charge in [0, 0.05) is 18.3 Å². The standard InChI is InChI=1S/C12H13N3O3/c1-17-11(16)7-18-12-10-6-9(8-2-3-8)14-15(10)5-4-13-12/h4-6,8H,2-3,7H2,1H3. The van der Waals surface area contributed by atoms with E-state index in [0.29, 0.717) is 11.8 Å². The first-order chi connectivity index (χ1) is 8.78. The van der Waals surface area contributed by atoms with Gasteiger partial charge in [-0.05, 0) is 18.9 Å². The SMILES string of the molecule is COC(=O)COc1nccn2nc(C3CC3)cc12. The normalized spacial score (nSPS) is 14.7. The van der Waals surface area contributed by atoms with Gasteiger partial charge in [0.25, 0.3) is 0 Å². The first-order valence-corrected chi connectivity index (χ1v) is 5.82. The first-order valence-electron chi connectivity index (χ1n) is 5.82. The van der Waals surface area contributed by atoms with Crippen LogP contribution < -0.4 is 4.74 Å². The third-order valence-corrected chi connectivity index (χ3v) is 2.92. The van der Waals surface area contributed by atoms with Crippen molar-refractivity contribution in [3.63, 3.8) is 0 Å². The topological polar surface area (TPSA) is 65.7 Å². The Morgan fingerprint density at radius 1 is 1.56 bits per heavy atom. The van der Waals surface area contributed by atoms with Crippen molar-refractivity contribution in [2.24, 2.45) is 0 Å². The van der Waals surface area contributed by atoms with E-state index in [4.69, 9.17) is 4.74 Å². The average Bonchev–Trinajstić information content (AvgIpc) is 3.15. The van der Waals surface area contributed by atoms with Gasteiger partial charge >= 0.3 is 5.97 Å². The molecule has 1 aliphatic carbocycles. The monoisotopic (exact) mass is 247 g/mol. The highest BCUT2D eigenvalue weighted by molar-refractivity contribution is 5.71. The Labute approximate surface area is 104 Å². The van der Waals surface area contributed by atoms with Crippen LogP contribution in [0.25, 0.3) is 5.52 Å². The maximum absolute atomic E-state index is 11.0. The summed E-state index contributed by atoms with van der Waals surface area (Å²) < 4.78 is 11.6. The van der Waals surface area contributed by atoms with Crippen LogP contribution in [0.2, 0.25) is 0 Å². The molecule has 0 radical (unpaired) electrons. The molecule has 0 unspecified atom stereocenters. The fraction of sp³-hybridized carbons (Fsp3) is 0.417. The van der Waals surface area contributed by atoms with E-state index in [9.17, 15) is 4.79 Å². The van der Waals surface area contributed by atoms with E-state index in [2.05, 4.69) is 14.8 Å². The Hall–Kier alpha value is -2.11. The zero-order valence-electron chi connectivity index (χ0n) is 10.00. The van der Waals surface area contributed by atoms with Crippen molar-refractivity contribution >= 4 is 11.5 Å². The van der Waals surface area contributed by atoms with Gasteiger partial charge in [-0.2, -0.15) is 5.10 Å². The number of rotatable bonds is 4. The predicted molar refractivity (Wildman–Crippen MR) is 62.5 cm³/mol. The summed E-state index contributed by atoms with van der Waals surface area (Å²) in [6.45, 7) is -0.146. The third kappa shape index (κ3) is 2.01. The molecule has 1 saturated carbocycles. The third-order valence-electron chi connectivity index (χ3n) is 2.92. The molecule has 2 aromatic rings. The molecule has 0 aromatic carbocycles. The lowest BCUT2D eigenvalue weighted by atomic mass is 10.3. The van der Waals surface area contributed by atoms with Gasteiger partial charge in [-0.25, -0.2) is 14.3 Å². The van der Waals surface area contributed by atoms with Gasteiger partial charge in [-0.3, -0.25) is 0 Å². The van der Waals surface area contributed by atoms with Gasteiger partial charge in [0.05, 0.1) is 12.8 Å². The van der Waals surface area contributed by atoms with Crippen LogP contribution in [-0.2, 0) is 9.53 Å². The number of ether oxygens (including phenoxy) is 2. The fourth-order valence-electron chi connectivity index (χ4n) is 1.79. The van der Waals surface area contributed by atoms with Crippen LogP contribution in [0.15, 0.2) is 18.5 Å². The van der Waals surface area contributed by atoms with E-state index in [0.717, 1.165) is 11.2 Å². The summed E-state index contributed by atoms with van der Waals surface area (Å²) >= 11 is 0. The lowest BCUT2D eigenvalue weighted by Gasteiger charge is -2.04. The van der Waals surface area contributed by atoms with Crippen LogP contribution in [0.4, 0.5) is 0 Å². The maximum atomic E-state index is 11.0. The highest BCUT2D eigenvalue weighted by Gasteiger charge is 2.27. The zero-order chi connectivity index (χ0) is 12.5. The predicted octanol–water partition coefficient (Wildman–Crippen LogP) is 1.16. The smallest absolute Gasteiger partial charge is 0.343 e. The van der Waals surface area contributed by atoms with Gasteiger partial charge < -0.3 is 9.47 Å². The second-order valence-corrected chi connectivity index (χ2v) is 4.27. The summed E-state index contributed by atoms with van der Waals surface area (Å²) in [5.41, 5.74) is 1.84. The minimum Gasteiger partial charge on any atom is -0.466 e.